The minimum atomic E-state index is 0.669. The van der Waals surface area contributed by atoms with Gasteiger partial charge in [-0.25, -0.2) is 4.98 Å². The Bertz CT molecular complexity index is 555. The average Bonchev–Trinajstić information content (AvgIpc) is 3.00. The molecule has 1 aromatic carbocycles. The van der Waals surface area contributed by atoms with E-state index in [9.17, 15) is 0 Å². The van der Waals surface area contributed by atoms with Gasteiger partial charge in [-0.3, -0.25) is 0 Å². The minimum absolute atomic E-state index is 0.669. The number of nitrogens with zero attached hydrogens (tertiary/aromatic N) is 1. The predicted molar refractivity (Wildman–Crippen MR) is 74.9 cm³/mol. The Morgan fingerprint density at radius 3 is 2.94 bits per heavy atom. The maximum atomic E-state index is 6.11. The lowest BCUT2D eigenvalue weighted by atomic mass is 10.2. The van der Waals surface area contributed by atoms with Crippen LogP contribution in [0.25, 0.3) is 11.0 Å². The molecule has 0 spiro atoms. The van der Waals surface area contributed by atoms with Crippen LogP contribution in [0.4, 0.5) is 0 Å². The third kappa shape index (κ3) is 2.25. The smallest absolute Gasteiger partial charge is 0.121 e. The lowest BCUT2D eigenvalue weighted by Gasteiger charge is -2.09. The molecule has 0 bridgehead atoms. The molecular formula is C14H18ClN3. The van der Waals surface area contributed by atoms with Crippen LogP contribution in [0.1, 0.15) is 37.1 Å². The summed E-state index contributed by atoms with van der Waals surface area (Å²) in [6, 6.07) is 4.59. The summed E-state index contributed by atoms with van der Waals surface area (Å²) in [6.45, 7) is 2.83. The van der Waals surface area contributed by atoms with Gasteiger partial charge in [0.25, 0.3) is 0 Å². The zero-order chi connectivity index (χ0) is 12.5. The van der Waals surface area contributed by atoms with E-state index in [4.69, 9.17) is 11.6 Å². The molecular weight excluding hydrogens is 246 g/mol. The summed E-state index contributed by atoms with van der Waals surface area (Å²) in [4.78, 5) is 7.99. The van der Waals surface area contributed by atoms with Crippen molar-refractivity contribution in [3.05, 3.63) is 28.5 Å². The Labute approximate surface area is 112 Å². The van der Waals surface area contributed by atoms with Crippen LogP contribution in [0, 0.1) is 6.92 Å². The molecule has 0 saturated heterocycles. The topological polar surface area (TPSA) is 40.7 Å². The molecule has 3 rings (SSSR count). The summed E-state index contributed by atoms with van der Waals surface area (Å²) < 4.78 is 0. The first-order chi connectivity index (χ1) is 8.74. The Morgan fingerprint density at radius 1 is 1.39 bits per heavy atom. The first-order valence-corrected chi connectivity index (χ1v) is 6.99. The van der Waals surface area contributed by atoms with E-state index >= 15 is 0 Å². The molecule has 96 valence electrons. The maximum Gasteiger partial charge on any atom is 0.121 e. The summed E-state index contributed by atoms with van der Waals surface area (Å²) in [5.74, 6) is 1.00. The summed E-state index contributed by atoms with van der Waals surface area (Å²) in [5.41, 5.74) is 3.11. The van der Waals surface area contributed by atoms with E-state index < -0.39 is 0 Å². The molecule has 3 nitrogen and oxygen atoms in total. The van der Waals surface area contributed by atoms with Gasteiger partial charge in [-0.15, -0.1) is 0 Å². The number of rotatable bonds is 3. The van der Waals surface area contributed by atoms with Gasteiger partial charge in [0.1, 0.15) is 5.82 Å². The van der Waals surface area contributed by atoms with Crippen LogP contribution in [0.3, 0.4) is 0 Å². The molecule has 0 unspecified atom stereocenters. The van der Waals surface area contributed by atoms with E-state index in [2.05, 4.69) is 15.3 Å². The molecule has 1 heterocycles. The molecule has 1 fully saturated rings. The van der Waals surface area contributed by atoms with Gasteiger partial charge >= 0.3 is 0 Å². The van der Waals surface area contributed by atoms with Gasteiger partial charge in [-0.1, -0.05) is 24.4 Å². The van der Waals surface area contributed by atoms with Gasteiger partial charge in [0, 0.05) is 11.1 Å². The second-order valence-electron chi connectivity index (χ2n) is 5.11. The van der Waals surface area contributed by atoms with E-state index in [-0.39, 0.29) is 0 Å². The van der Waals surface area contributed by atoms with Crippen LogP contribution < -0.4 is 5.32 Å². The largest absolute Gasteiger partial charge is 0.341 e. The molecule has 1 aliphatic rings. The fraction of sp³-hybridized carbons (Fsp3) is 0.500. The SMILES string of the molecule is Cc1c(Cl)ccc2[nH]c(CNC3CCCC3)nc12. The van der Waals surface area contributed by atoms with Crippen molar-refractivity contribution in [2.24, 2.45) is 0 Å². The molecule has 2 N–H and O–H groups in total. The van der Waals surface area contributed by atoms with Gasteiger partial charge in [-0.2, -0.15) is 0 Å². The minimum Gasteiger partial charge on any atom is -0.341 e. The van der Waals surface area contributed by atoms with Crippen LogP contribution in [0.5, 0.6) is 0 Å². The van der Waals surface area contributed by atoms with Gasteiger partial charge < -0.3 is 10.3 Å². The maximum absolute atomic E-state index is 6.11. The Hall–Kier alpha value is -1.06. The predicted octanol–water partition coefficient (Wildman–Crippen LogP) is 3.56. The zero-order valence-corrected chi connectivity index (χ0v) is 11.3. The summed E-state index contributed by atoms with van der Waals surface area (Å²) in [5, 5.41) is 4.35. The zero-order valence-electron chi connectivity index (χ0n) is 10.6. The molecule has 1 saturated carbocycles. The van der Waals surface area contributed by atoms with Crippen LogP contribution in [-0.4, -0.2) is 16.0 Å². The lowest BCUT2D eigenvalue weighted by Crippen LogP contribution is -2.25. The number of fused-ring (bicyclic) bond motifs is 1. The fourth-order valence-electron chi connectivity index (χ4n) is 2.69. The van der Waals surface area contributed by atoms with Crippen molar-refractivity contribution in [2.75, 3.05) is 0 Å². The summed E-state index contributed by atoms with van der Waals surface area (Å²) in [7, 11) is 0. The number of imidazole rings is 1. The molecule has 18 heavy (non-hydrogen) atoms. The van der Waals surface area contributed by atoms with Crippen LogP contribution >= 0.6 is 11.6 Å². The number of H-pyrrole nitrogens is 1. The highest BCUT2D eigenvalue weighted by atomic mass is 35.5. The molecule has 0 radical (unpaired) electrons. The van der Waals surface area contributed by atoms with E-state index in [0.29, 0.717) is 6.04 Å². The number of aromatic amines is 1. The molecule has 4 heteroatoms. The second-order valence-corrected chi connectivity index (χ2v) is 5.52. The number of hydrogen-bond acceptors (Lipinski definition) is 2. The van der Waals surface area contributed by atoms with Crippen LogP contribution in [-0.2, 0) is 6.54 Å². The number of benzene rings is 1. The molecule has 0 amide bonds. The first kappa shape index (κ1) is 12.0. The number of hydrogen-bond donors (Lipinski definition) is 2. The highest BCUT2D eigenvalue weighted by Gasteiger charge is 2.15. The number of nitrogens with one attached hydrogen (secondary N) is 2. The van der Waals surface area contributed by atoms with E-state index in [0.717, 1.165) is 34.0 Å². The van der Waals surface area contributed by atoms with Crippen molar-refractivity contribution >= 4 is 22.6 Å². The van der Waals surface area contributed by atoms with Crippen molar-refractivity contribution in [3.8, 4) is 0 Å². The fourth-order valence-corrected chi connectivity index (χ4v) is 2.85. The lowest BCUT2D eigenvalue weighted by molar-refractivity contribution is 0.516. The third-order valence-electron chi connectivity index (χ3n) is 3.80. The molecule has 0 atom stereocenters. The van der Waals surface area contributed by atoms with E-state index in [1.165, 1.54) is 25.7 Å². The third-order valence-corrected chi connectivity index (χ3v) is 4.21. The van der Waals surface area contributed by atoms with E-state index in [1.54, 1.807) is 0 Å². The van der Waals surface area contributed by atoms with Gasteiger partial charge in [0.2, 0.25) is 0 Å². The van der Waals surface area contributed by atoms with Crippen molar-refractivity contribution in [1.82, 2.24) is 15.3 Å². The van der Waals surface area contributed by atoms with Crippen LogP contribution in [0.15, 0.2) is 12.1 Å². The molecule has 2 aromatic rings. The first-order valence-electron chi connectivity index (χ1n) is 6.61. The van der Waals surface area contributed by atoms with Crippen molar-refractivity contribution in [1.29, 1.82) is 0 Å². The molecule has 0 aliphatic heterocycles. The number of aryl methyl sites for hydroxylation is 1. The van der Waals surface area contributed by atoms with E-state index in [1.807, 2.05) is 19.1 Å². The second kappa shape index (κ2) is 4.90. The van der Waals surface area contributed by atoms with Gasteiger partial charge in [0.15, 0.2) is 0 Å². The Kier molecular flexibility index (Phi) is 3.27. The van der Waals surface area contributed by atoms with Crippen molar-refractivity contribution < 1.29 is 0 Å². The van der Waals surface area contributed by atoms with Crippen molar-refractivity contribution in [2.45, 2.75) is 45.2 Å². The highest BCUT2D eigenvalue weighted by Crippen LogP contribution is 2.24. The molecule has 1 aliphatic carbocycles. The normalized spacial score (nSPS) is 16.8. The number of halogens is 1. The van der Waals surface area contributed by atoms with Crippen LogP contribution in [0.2, 0.25) is 5.02 Å². The molecule has 1 aromatic heterocycles. The number of aromatic nitrogens is 2. The average molecular weight is 264 g/mol. The Morgan fingerprint density at radius 2 is 2.17 bits per heavy atom. The monoisotopic (exact) mass is 263 g/mol. The summed E-state index contributed by atoms with van der Waals surface area (Å²) in [6.07, 6.45) is 5.30. The Balaban J connectivity index is 1.78. The van der Waals surface area contributed by atoms with Gasteiger partial charge in [-0.05, 0) is 37.5 Å². The van der Waals surface area contributed by atoms with Gasteiger partial charge in [0.05, 0.1) is 17.6 Å². The standard InChI is InChI=1S/C14H18ClN3/c1-9-11(15)6-7-12-14(9)18-13(17-12)8-16-10-4-2-3-5-10/h6-7,10,16H,2-5,8H2,1H3,(H,17,18). The van der Waals surface area contributed by atoms with Crippen molar-refractivity contribution in [3.63, 3.8) is 0 Å². The summed E-state index contributed by atoms with van der Waals surface area (Å²) >= 11 is 6.11. The highest BCUT2D eigenvalue weighted by molar-refractivity contribution is 6.32. The quantitative estimate of drug-likeness (QED) is 0.889.